The molecular formula is C17H12ClF3N4O. The molecule has 0 aliphatic heterocycles. The van der Waals surface area contributed by atoms with Gasteiger partial charge >= 0.3 is 0 Å². The van der Waals surface area contributed by atoms with Crippen LogP contribution < -0.4 is 15.4 Å². The zero-order valence-electron chi connectivity index (χ0n) is 13.4. The average Bonchev–Trinajstić information content (AvgIpc) is 2.63. The molecule has 5 nitrogen and oxygen atoms in total. The van der Waals surface area contributed by atoms with Gasteiger partial charge in [0.1, 0.15) is 11.6 Å². The van der Waals surface area contributed by atoms with Crippen molar-refractivity contribution in [1.29, 1.82) is 0 Å². The number of hydrogen-bond acceptors (Lipinski definition) is 5. The Bertz CT molecular complexity index is 955. The molecule has 0 saturated heterocycles. The number of aromatic nitrogens is 2. The summed E-state index contributed by atoms with van der Waals surface area (Å²) in [7, 11) is 1.50. The summed E-state index contributed by atoms with van der Waals surface area (Å²) in [4.78, 5) is 8.19. The first kappa shape index (κ1) is 17.8. The van der Waals surface area contributed by atoms with Crippen LogP contribution in [0.25, 0.3) is 0 Å². The molecule has 134 valence electrons. The van der Waals surface area contributed by atoms with Crippen molar-refractivity contribution in [2.45, 2.75) is 0 Å². The van der Waals surface area contributed by atoms with Gasteiger partial charge in [0.05, 0.1) is 18.5 Å². The van der Waals surface area contributed by atoms with Gasteiger partial charge in [0.15, 0.2) is 17.5 Å². The highest BCUT2D eigenvalue weighted by Gasteiger charge is 2.14. The summed E-state index contributed by atoms with van der Waals surface area (Å²) in [5, 5.41) is 5.98. The maximum Gasteiger partial charge on any atom is 0.229 e. The lowest BCUT2D eigenvalue weighted by Crippen LogP contribution is -2.03. The van der Waals surface area contributed by atoms with Crippen LogP contribution in [0, 0.1) is 17.5 Å². The number of nitrogens with zero attached hydrogens (tertiary/aromatic N) is 2. The molecule has 0 aliphatic rings. The molecule has 0 radical (unpaired) electrons. The van der Waals surface area contributed by atoms with E-state index < -0.39 is 17.5 Å². The monoisotopic (exact) mass is 380 g/mol. The Morgan fingerprint density at radius 3 is 2.54 bits per heavy atom. The van der Waals surface area contributed by atoms with E-state index in [4.69, 9.17) is 16.3 Å². The standard InChI is InChI=1S/C17H12ClF3N4O/c1-26-13-5-2-9(18)8-12(13)24-17-22-7-6-14(25-17)23-11-4-3-10(19)15(20)16(11)21/h2-8H,1H3,(H2,22,23,24,25). The molecule has 0 unspecified atom stereocenters. The first-order chi connectivity index (χ1) is 12.5. The van der Waals surface area contributed by atoms with Gasteiger partial charge in [-0.05, 0) is 36.4 Å². The minimum absolute atomic E-state index is 0.165. The van der Waals surface area contributed by atoms with Crippen molar-refractivity contribution in [3.8, 4) is 5.75 Å². The van der Waals surface area contributed by atoms with Crippen LogP contribution in [0.2, 0.25) is 5.02 Å². The lowest BCUT2D eigenvalue weighted by molar-refractivity contribution is 0.417. The lowest BCUT2D eigenvalue weighted by atomic mass is 10.3. The fourth-order valence-corrected chi connectivity index (χ4v) is 2.32. The van der Waals surface area contributed by atoms with Gasteiger partial charge in [0, 0.05) is 11.2 Å². The molecular weight excluding hydrogens is 369 g/mol. The van der Waals surface area contributed by atoms with Crippen LogP contribution in [-0.4, -0.2) is 17.1 Å². The van der Waals surface area contributed by atoms with Crippen LogP contribution >= 0.6 is 11.6 Å². The molecule has 3 rings (SSSR count). The quantitative estimate of drug-likeness (QED) is 0.607. The predicted molar refractivity (Wildman–Crippen MR) is 92.9 cm³/mol. The number of anilines is 4. The molecule has 0 aliphatic carbocycles. The van der Waals surface area contributed by atoms with E-state index in [0.29, 0.717) is 16.5 Å². The highest BCUT2D eigenvalue weighted by Crippen LogP contribution is 2.30. The molecule has 0 spiro atoms. The summed E-state index contributed by atoms with van der Waals surface area (Å²) in [5.41, 5.74) is 0.269. The van der Waals surface area contributed by atoms with Crippen molar-refractivity contribution in [3.63, 3.8) is 0 Å². The van der Waals surface area contributed by atoms with Gasteiger partial charge in [-0.25, -0.2) is 18.2 Å². The summed E-state index contributed by atoms with van der Waals surface area (Å²) in [6, 6.07) is 8.29. The van der Waals surface area contributed by atoms with E-state index in [2.05, 4.69) is 20.6 Å². The maximum absolute atomic E-state index is 13.8. The second-order valence-corrected chi connectivity index (χ2v) is 5.52. The third-order valence-electron chi connectivity index (χ3n) is 3.36. The summed E-state index contributed by atoms with van der Waals surface area (Å²) in [6.07, 6.45) is 1.41. The van der Waals surface area contributed by atoms with E-state index in [1.807, 2.05) is 0 Å². The summed E-state index contributed by atoms with van der Waals surface area (Å²) >= 11 is 5.97. The number of rotatable bonds is 5. The molecule has 2 aromatic carbocycles. The normalized spacial score (nSPS) is 10.5. The number of halogens is 4. The van der Waals surface area contributed by atoms with Crippen LogP contribution in [0.1, 0.15) is 0 Å². The largest absolute Gasteiger partial charge is 0.495 e. The van der Waals surface area contributed by atoms with Gasteiger partial charge in [0.2, 0.25) is 5.95 Å². The Balaban J connectivity index is 1.85. The second kappa shape index (κ2) is 7.49. The van der Waals surface area contributed by atoms with Crippen LogP contribution in [0.15, 0.2) is 42.6 Å². The highest BCUT2D eigenvalue weighted by molar-refractivity contribution is 6.31. The lowest BCUT2D eigenvalue weighted by Gasteiger charge is -2.12. The first-order valence-corrected chi connectivity index (χ1v) is 7.70. The molecule has 1 heterocycles. The summed E-state index contributed by atoms with van der Waals surface area (Å²) in [5.74, 6) is -3.32. The van der Waals surface area contributed by atoms with E-state index in [1.54, 1.807) is 18.2 Å². The fourth-order valence-electron chi connectivity index (χ4n) is 2.15. The molecule has 1 aromatic heterocycles. The second-order valence-electron chi connectivity index (χ2n) is 5.08. The number of hydrogen-bond donors (Lipinski definition) is 2. The predicted octanol–water partition coefficient (Wildman–Crippen LogP) is 5.04. The third kappa shape index (κ3) is 3.80. The zero-order valence-corrected chi connectivity index (χ0v) is 14.1. The van der Waals surface area contributed by atoms with Gasteiger partial charge < -0.3 is 15.4 Å². The molecule has 2 N–H and O–H groups in total. The number of benzene rings is 2. The van der Waals surface area contributed by atoms with Crippen LogP contribution in [0.3, 0.4) is 0 Å². The Kier molecular flexibility index (Phi) is 5.13. The number of methoxy groups -OCH3 is 1. The Hall–Kier alpha value is -3.00. The van der Waals surface area contributed by atoms with Gasteiger partial charge in [-0.15, -0.1) is 0 Å². The van der Waals surface area contributed by atoms with Crippen molar-refractivity contribution in [2.24, 2.45) is 0 Å². The van der Waals surface area contributed by atoms with Crippen LogP contribution in [-0.2, 0) is 0 Å². The van der Waals surface area contributed by atoms with Crippen molar-refractivity contribution in [2.75, 3.05) is 17.7 Å². The van der Waals surface area contributed by atoms with Crippen LogP contribution in [0.5, 0.6) is 5.75 Å². The molecule has 0 fully saturated rings. The van der Waals surface area contributed by atoms with Crippen molar-refractivity contribution in [1.82, 2.24) is 9.97 Å². The van der Waals surface area contributed by atoms with E-state index in [9.17, 15) is 13.2 Å². The highest BCUT2D eigenvalue weighted by atomic mass is 35.5. The van der Waals surface area contributed by atoms with E-state index in [-0.39, 0.29) is 17.5 Å². The molecule has 26 heavy (non-hydrogen) atoms. The van der Waals surface area contributed by atoms with Crippen molar-refractivity contribution < 1.29 is 17.9 Å². The van der Waals surface area contributed by atoms with Crippen LogP contribution in [0.4, 0.5) is 36.3 Å². The number of nitrogens with one attached hydrogen (secondary N) is 2. The molecule has 0 saturated carbocycles. The van der Waals surface area contributed by atoms with Crippen molar-refractivity contribution in [3.05, 3.63) is 65.1 Å². The van der Waals surface area contributed by atoms with Gasteiger partial charge in [-0.3, -0.25) is 0 Å². The molecule has 0 atom stereocenters. The Labute approximate surface area is 151 Å². The molecule has 3 aromatic rings. The van der Waals surface area contributed by atoms with E-state index >= 15 is 0 Å². The minimum Gasteiger partial charge on any atom is -0.495 e. The smallest absolute Gasteiger partial charge is 0.229 e. The summed E-state index contributed by atoms with van der Waals surface area (Å²) < 4.78 is 45.3. The minimum atomic E-state index is -1.56. The zero-order chi connectivity index (χ0) is 18.7. The van der Waals surface area contributed by atoms with Gasteiger partial charge in [-0.1, -0.05) is 11.6 Å². The maximum atomic E-state index is 13.8. The topological polar surface area (TPSA) is 59.1 Å². The van der Waals surface area contributed by atoms with E-state index in [1.165, 1.54) is 19.4 Å². The molecule has 0 bridgehead atoms. The third-order valence-corrected chi connectivity index (χ3v) is 3.60. The summed E-state index contributed by atoms with van der Waals surface area (Å²) in [6.45, 7) is 0. The van der Waals surface area contributed by atoms with Crippen molar-refractivity contribution >= 4 is 34.7 Å². The average molecular weight is 381 g/mol. The SMILES string of the molecule is COc1ccc(Cl)cc1Nc1nccc(Nc2ccc(F)c(F)c2F)n1. The molecule has 9 heteroatoms. The fraction of sp³-hybridized carbons (Fsp3) is 0.0588. The van der Waals surface area contributed by atoms with Gasteiger partial charge in [-0.2, -0.15) is 4.98 Å². The number of ether oxygens (including phenoxy) is 1. The molecule has 0 amide bonds. The van der Waals surface area contributed by atoms with Gasteiger partial charge in [0.25, 0.3) is 0 Å². The van der Waals surface area contributed by atoms with E-state index in [0.717, 1.165) is 12.1 Å². The Morgan fingerprint density at radius 2 is 1.77 bits per heavy atom. The Morgan fingerprint density at radius 1 is 0.962 bits per heavy atom. The first-order valence-electron chi connectivity index (χ1n) is 7.32.